The molecule has 4 heteroatoms. The first-order valence-corrected chi connectivity index (χ1v) is 6.77. The van der Waals surface area contributed by atoms with Gasteiger partial charge in [0.05, 0.1) is 6.04 Å². The van der Waals surface area contributed by atoms with Gasteiger partial charge in [0, 0.05) is 13.1 Å². The fraction of sp³-hybridized carbons (Fsp3) is 0.533. The monoisotopic (exact) mass is 263 g/mol. The zero-order chi connectivity index (χ0) is 14.0. The Morgan fingerprint density at radius 2 is 2.16 bits per heavy atom. The first-order chi connectivity index (χ1) is 9.01. The molecule has 0 bridgehead atoms. The SMILES string of the molecule is CN=C(NC(C)c1ccc(C)c(F)c1)NC1CC1C. The zero-order valence-electron chi connectivity index (χ0n) is 12.0. The van der Waals surface area contributed by atoms with Gasteiger partial charge in [0.1, 0.15) is 5.82 Å². The number of rotatable bonds is 3. The molecule has 1 saturated carbocycles. The maximum atomic E-state index is 13.6. The van der Waals surface area contributed by atoms with Crippen molar-refractivity contribution in [2.24, 2.45) is 10.9 Å². The van der Waals surface area contributed by atoms with E-state index in [2.05, 4.69) is 22.5 Å². The van der Waals surface area contributed by atoms with E-state index in [4.69, 9.17) is 0 Å². The number of nitrogens with one attached hydrogen (secondary N) is 2. The van der Waals surface area contributed by atoms with Crippen molar-refractivity contribution in [3.63, 3.8) is 0 Å². The molecule has 1 fully saturated rings. The van der Waals surface area contributed by atoms with Crippen LogP contribution in [-0.4, -0.2) is 19.0 Å². The summed E-state index contributed by atoms with van der Waals surface area (Å²) in [5.41, 5.74) is 1.60. The van der Waals surface area contributed by atoms with Crippen LogP contribution in [0.15, 0.2) is 23.2 Å². The van der Waals surface area contributed by atoms with E-state index in [1.807, 2.05) is 19.1 Å². The predicted octanol–water partition coefficient (Wildman–Crippen LogP) is 2.77. The van der Waals surface area contributed by atoms with Gasteiger partial charge in [-0.25, -0.2) is 4.39 Å². The van der Waals surface area contributed by atoms with Crippen molar-refractivity contribution in [3.05, 3.63) is 35.1 Å². The number of hydrogen-bond donors (Lipinski definition) is 2. The molecule has 0 amide bonds. The highest BCUT2D eigenvalue weighted by Crippen LogP contribution is 2.28. The second kappa shape index (κ2) is 5.59. The lowest BCUT2D eigenvalue weighted by molar-refractivity contribution is 0.607. The summed E-state index contributed by atoms with van der Waals surface area (Å²) in [4.78, 5) is 4.21. The minimum Gasteiger partial charge on any atom is -0.353 e. The standard InChI is InChI=1S/C15H22FN3/c1-9-5-6-12(8-13(9)16)11(3)18-15(17-4)19-14-7-10(14)2/h5-6,8,10-11,14H,7H2,1-4H3,(H2,17,18,19). The molecule has 0 spiro atoms. The Morgan fingerprint density at radius 3 is 2.68 bits per heavy atom. The van der Waals surface area contributed by atoms with E-state index in [-0.39, 0.29) is 11.9 Å². The van der Waals surface area contributed by atoms with Gasteiger partial charge in [-0.2, -0.15) is 0 Å². The Kier molecular flexibility index (Phi) is 4.08. The highest BCUT2D eigenvalue weighted by Gasteiger charge is 2.33. The van der Waals surface area contributed by atoms with Crippen LogP contribution >= 0.6 is 0 Å². The highest BCUT2D eigenvalue weighted by molar-refractivity contribution is 5.80. The summed E-state index contributed by atoms with van der Waals surface area (Å²) in [7, 11) is 1.75. The Balaban J connectivity index is 1.98. The number of halogens is 1. The second-order valence-corrected chi connectivity index (χ2v) is 5.41. The lowest BCUT2D eigenvalue weighted by Crippen LogP contribution is -2.40. The second-order valence-electron chi connectivity index (χ2n) is 5.41. The number of aliphatic imine (C=N–C) groups is 1. The number of nitrogens with zero attached hydrogens (tertiary/aromatic N) is 1. The van der Waals surface area contributed by atoms with Crippen LogP contribution < -0.4 is 10.6 Å². The first kappa shape index (κ1) is 13.8. The van der Waals surface area contributed by atoms with Crippen molar-refractivity contribution >= 4 is 5.96 Å². The molecule has 0 radical (unpaired) electrons. The summed E-state index contributed by atoms with van der Waals surface area (Å²) in [6, 6.07) is 5.88. The van der Waals surface area contributed by atoms with Gasteiger partial charge < -0.3 is 10.6 Å². The van der Waals surface area contributed by atoms with Gasteiger partial charge in [0.25, 0.3) is 0 Å². The van der Waals surface area contributed by atoms with Crippen LogP contribution in [-0.2, 0) is 0 Å². The zero-order valence-corrected chi connectivity index (χ0v) is 12.0. The molecule has 0 aliphatic heterocycles. The molecule has 2 rings (SSSR count). The third-order valence-electron chi connectivity index (χ3n) is 3.70. The molecule has 1 aromatic carbocycles. The third-order valence-corrected chi connectivity index (χ3v) is 3.70. The van der Waals surface area contributed by atoms with Crippen molar-refractivity contribution in [2.45, 2.75) is 39.3 Å². The van der Waals surface area contributed by atoms with Crippen molar-refractivity contribution in [1.29, 1.82) is 0 Å². The molecule has 0 saturated heterocycles. The van der Waals surface area contributed by atoms with Gasteiger partial charge in [-0.3, -0.25) is 4.99 Å². The van der Waals surface area contributed by atoms with E-state index in [1.54, 1.807) is 20.0 Å². The summed E-state index contributed by atoms with van der Waals surface area (Å²) in [5.74, 6) is 1.33. The van der Waals surface area contributed by atoms with E-state index >= 15 is 0 Å². The van der Waals surface area contributed by atoms with Crippen molar-refractivity contribution < 1.29 is 4.39 Å². The molecule has 0 aromatic heterocycles. The molecule has 0 heterocycles. The van der Waals surface area contributed by atoms with Gasteiger partial charge >= 0.3 is 0 Å². The Morgan fingerprint density at radius 1 is 1.47 bits per heavy atom. The summed E-state index contributed by atoms with van der Waals surface area (Å²) >= 11 is 0. The minimum atomic E-state index is -0.162. The lowest BCUT2D eigenvalue weighted by atomic mass is 10.1. The van der Waals surface area contributed by atoms with Crippen LogP contribution in [0.3, 0.4) is 0 Å². The largest absolute Gasteiger partial charge is 0.353 e. The van der Waals surface area contributed by atoms with Crippen LogP contribution in [0.1, 0.15) is 37.4 Å². The molecule has 1 aliphatic rings. The molecule has 104 valence electrons. The molecule has 1 aromatic rings. The average molecular weight is 263 g/mol. The van der Waals surface area contributed by atoms with Crippen LogP contribution in [0.4, 0.5) is 4.39 Å². The highest BCUT2D eigenvalue weighted by atomic mass is 19.1. The van der Waals surface area contributed by atoms with E-state index in [9.17, 15) is 4.39 Å². The maximum absolute atomic E-state index is 13.6. The molecule has 3 atom stereocenters. The van der Waals surface area contributed by atoms with Gasteiger partial charge in [-0.05, 0) is 43.4 Å². The van der Waals surface area contributed by atoms with Crippen LogP contribution in [0, 0.1) is 18.7 Å². The van der Waals surface area contributed by atoms with Crippen molar-refractivity contribution in [2.75, 3.05) is 7.05 Å². The van der Waals surface area contributed by atoms with Crippen molar-refractivity contribution in [3.8, 4) is 0 Å². The van der Waals surface area contributed by atoms with Gasteiger partial charge in [-0.15, -0.1) is 0 Å². The van der Waals surface area contributed by atoms with Crippen LogP contribution in [0.2, 0.25) is 0 Å². The topological polar surface area (TPSA) is 36.4 Å². The van der Waals surface area contributed by atoms with Crippen molar-refractivity contribution in [1.82, 2.24) is 10.6 Å². The number of benzene rings is 1. The van der Waals surface area contributed by atoms with E-state index in [1.165, 1.54) is 6.42 Å². The average Bonchev–Trinajstić information content (AvgIpc) is 3.07. The van der Waals surface area contributed by atoms with Crippen LogP contribution in [0.25, 0.3) is 0 Å². The minimum absolute atomic E-state index is 0.0235. The fourth-order valence-corrected chi connectivity index (χ4v) is 2.04. The fourth-order valence-electron chi connectivity index (χ4n) is 2.04. The Bertz CT molecular complexity index is 484. The normalized spacial score (nSPS) is 23.9. The summed E-state index contributed by atoms with van der Waals surface area (Å²) in [5, 5.41) is 6.66. The predicted molar refractivity (Wildman–Crippen MR) is 76.8 cm³/mol. The number of hydrogen-bond acceptors (Lipinski definition) is 1. The van der Waals surface area contributed by atoms with E-state index in [0.717, 1.165) is 11.5 Å². The number of aryl methyl sites for hydroxylation is 1. The molecular weight excluding hydrogens is 241 g/mol. The smallest absolute Gasteiger partial charge is 0.191 e. The molecule has 3 nitrogen and oxygen atoms in total. The maximum Gasteiger partial charge on any atom is 0.191 e. The molecule has 19 heavy (non-hydrogen) atoms. The summed E-state index contributed by atoms with van der Waals surface area (Å²) < 4.78 is 13.6. The first-order valence-electron chi connectivity index (χ1n) is 6.77. The number of guanidine groups is 1. The van der Waals surface area contributed by atoms with E-state index < -0.39 is 0 Å². The lowest BCUT2D eigenvalue weighted by Gasteiger charge is -2.18. The van der Waals surface area contributed by atoms with Crippen LogP contribution in [0.5, 0.6) is 0 Å². The van der Waals surface area contributed by atoms with Gasteiger partial charge in [0.2, 0.25) is 0 Å². The quantitative estimate of drug-likeness (QED) is 0.650. The third kappa shape index (κ3) is 3.46. The molecule has 1 aliphatic carbocycles. The molecule has 3 unspecified atom stereocenters. The molecule has 2 N–H and O–H groups in total. The molecular formula is C15H22FN3. The summed E-state index contributed by atoms with van der Waals surface area (Å²) in [6.07, 6.45) is 1.19. The summed E-state index contributed by atoms with van der Waals surface area (Å²) in [6.45, 7) is 5.99. The van der Waals surface area contributed by atoms with Gasteiger partial charge in [-0.1, -0.05) is 19.1 Å². The van der Waals surface area contributed by atoms with Gasteiger partial charge in [0.15, 0.2) is 5.96 Å². The Hall–Kier alpha value is -1.58. The van der Waals surface area contributed by atoms with E-state index in [0.29, 0.717) is 17.5 Å². The Labute approximate surface area is 114 Å².